The van der Waals surface area contributed by atoms with E-state index in [2.05, 4.69) is 38.0 Å². The van der Waals surface area contributed by atoms with Crippen molar-refractivity contribution >= 4 is 51.6 Å². The number of nitrogens with zero attached hydrogens (tertiary/aromatic N) is 3. The van der Waals surface area contributed by atoms with Gasteiger partial charge in [0, 0.05) is 66.4 Å². The van der Waals surface area contributed by atoms with Crippen LogP contribution in [0.15, 0.2) is 24.3 Å². The lowest BCUT2D eigenvalue weighted by Crippen LogP contribution is -2.56. The molecule has 2 aromatic heterocycles. The smallest absolute Gasteiger partial charge is 0.280 e. The molecule has 0 saturated heterocycles. The topological polar surface area (TPSA) is 122 Å². The number of carbonyl (C=O) groups excluding carboxylic acids is 3. The van der Waals surface area contributed by atoms with Crippen LogP contribution in [0.1, 0.15) is 50.1 Å². The Labute approximate surface area is 230 Å². The molecule has 3 amide bonds. The molecule has 0 radical (unpaired) electrons. The molecule has 1 fully saturated rings. The van der Waals surface area contributed by atoms with E-state index in [1.807, 2.05) is 6.07 Å². The Kier molecular flexibility index (Phi) is 7.71. The minimum absolute atomic E-state index is 0.0979. The third kappa shape index (κ3) is 5.85. The summed E-state index contributed by atoms with van der Waals surface area (Å²) in [6.45, 7) is 1.70. The molecule has 2 aliphatic rings. The van der Waals surface area contributed by atoms with Gasteiger partial charge in [-0.05, 0) is 50.6 Å². The number of H-pyrrole nitrogens is 1. The zero-order chi connectivity index (χ0) is 27.0. The van der Waals surface area contributed by atoms with Crippen molar-refractivity contribution in [3.05, 3.63) is 50.6 Å². The Hall–Kier alpha value is -2.99. The minimum Gasteiger partial charge on any atom is -0.351 e. The van der Waals surface area contributed by atoms with Crippen molar-refractivity contribution in [2.45, 2.75) is 44.3 Å². The maximum Gasteiger partial charge on any atom is 0.280 e. The van der Waals surface area contributed by atoms with Crippen molar-refractivity contribution in [1.82, 2.24) is 35.9 Å². The summed E-state index contributed by atoms with van der Waals surface area (Å²) in [6, 6.07) is 6.38. The van der Waals surface area contributed by atoms with Gasteiger partial charge < -0.3 is 20.5 Å². The number of rotatable bonds is 6. The molecule has 38 heavy (non-hydrogen) atoms. The summed E-state index contributed by atoms with van der Waals surface area (Å²) in [5.41, 5.74) is 5.03. The van der Waals surface area contributed by atoms with Crippen molar-refractivity contribution in [3.8, 4) is 0 Å². The average molecular weight is 558 g/mol. The Balaban J connectivity index is 1.33. The van der Waals surface area contributed by atoms with Gasteiger partial charge in [0.25, 0.3) is 11.8 Å². The number of amides is 3. The zero-order valence-corrected chi connectivity index (χ0v) is 23.2. The third-order valence-electron chi connectivity index (χ3n) is 7.13. The summed E-state index contributed by atoms with van der Waals surface area (Å²) < 4.78 is 0. The number of carbonyl (C=O) groups is 3. The van der Waals surface area contributed by atoms with Gasteiger partial charge in [0.05, 0.1) is 11.7 Å². The Morgan fingerprint density at radius 3 is 2.71 bits per heavy atom. The first kappa shape index (κ1) is 26.6. The van der Waals surface area contributed by atoms with E-state index in [-0.39, 0.29) is 29.7 Å². The molecule has 12 heteroatoms. The first-order valence-corrected chi connectivity index (χ1v) is 13.9. The SMILES string of the molecule is CN1CCc2nc(C(=O)N[C@@H]3C[C@@H](C(=O)NN(C)C)CC[C@@H]3NC(=O)c3cc4cc(Cl)ccc4[nH]3)sc2C1. The summed E-state index contributed by atoms with van der Waals surface area (Å²) in [7, 11) is 5.58. The fourth-order valence-electron chi connectivity index (χ4n) is 5.18. The first-order chi connectivity index (χ1) is 18.2. The van der Waals surface area contributed by atoms with Crippen molar-refractivity contribution in [3.63, 3.8) is 0 Å². The summed E-state index contributed by atoms with van der Waals surface area (Å²) in [6.07, 6.45) is 2.37. The van der Waals surface area contributed by atoms with E-state index in [0.29, 0.717) is 35.0 Å². The van der Waals surface area contributed by atoms with E-state index in [1.165, 1.54) is 11.3 Å². The fraction of sp³-hybridized carbons (Fsp3) is 0.462. The summed E-state index contributed by atoms with van der Waals surface area (Å²) in [5.74, 6) is -0.931. The Bertz CT molecular complexity index is 1370. The number of benzene rings is 1. The molecule has 0 bridgehead atoms. The maximum absolute atomic E-state index is 13.3. The monoisotopic (exact) mass is 557 g/mol. The predicted molar refractivity (Wildman–Crippen MR) is 147 cm³/mol. The molecule has 5 rings (SSSR count). The van der Waals surface area contributed by atoms with Gasteiger partial charge in [0.15, 0.2) is 5.01 Å². The van der Waals surface area contributed by atoms with Crippen LogP contribution in [0.4, 0.5) is 0 Å². The van der Waals surface area contributed by atoms with Crippen molar-refractivity contribution in [2.75, 3.05) is 27.7 Å². The van der Waals surface area contributed by atoms with E-state index < -0.39 is 6.04 Å². The van der Waals surface area contributed by atoms with Gasteiger partial charge in [0.1, 0.15) is 5.69 Å². The molecule has 3 heterocycles. The van der Waals surface area contributed by atoms with Crippen LogP contribution in [0.25, 0.3) is 10.9 Å². The highest BCUT2D eigenvalue weighted by molar-refractivity contribution is 7.13. The number of thiazole rings is 1. The molecule has 10 nitrogen and oxygen atoms in total. The van der Waals surface area contributed by atoms with Crippen LogP contribution in [0.5, 0.6) is 0 Å². The lowest BCUT2D eigenvalue weighted by Gasteiger charge is -2.36. The minimum atomic E-state index is -0.430. The highest BCUT2D eigenvalue weighted by Crippen LogP contribution is 2.28. The molecule has 1 saturated carbocycles. The van der Waals surface area contributed by atoms with Gasteiger partial charge >= 0.3 is 0 Å². The number of halogens is 1. The molecule has 1 aliphatic heterocycles. The number of nitrogens with one attached hydrogen (secondary N) is 4. The first-order valence-electron chi connectivity index (χ1n) is 12.7. The molecule has 0 spiro atoms. The van der Waals surface area contributed by atoms with Crippen LogP contribution in [-0.4, -0.2) is 77.4 Å². The maximum atomic E-state index is 13.3. The van der Waals surface area contributed by atoms with Gasteiger partial charge in [-0.25, -0.2) is 9.99 Å². The van der Waals surface area contributed by atoms with E-state index in [4.69, 9.17) is 11.6 Å². The van der Waals surface area contributed by atoms with Crippen LogP contribution >= 0.6 is 22.9 Å². The van der Waals surface area contributed by atoms with Crippen molar-refractivity contribution in [2.24, 2.45) is 5.92 Å². The normalized spacial score (nSPS) is 21.8. The predicted octanol–water partition coefficient (Wildman–Crippen LogP) is 2.56. The molecular formula is C26H32ClN7O3S. The van der Waals surface area contributed by atoms with Gasteiger partial charge in [-0.2, -0.15) is 0 Å². The Morgan fingerprint density at radius 1 is 1.13 bits per heavy atom. The number of likely N-dealkylation sites (N-methyl/N-ethyl adjacent to an activating group) is 1. The fourth-order valence-corrected chi connectivity index (χ4v) is 6.45. The van der Waals surface area contributed by atoms with Crippen molar-refractivity contribution in [1.29, 1.82) is 0 Å². The molecule has 202 valence electrons. The van der Waals surface area contributed by atoms with Gasteiger partial charge in [-0.1, -0.05) is 11.6 Å². The van der Waals surface area contributed by atoms with Gasteiger partial charge in [-0.3, -0.25) is 19.8 Å². The average Bonchev–Trinajstić information content (AvgIpc) is 3.48. The summed E-state index contributed by atoms with van der Waals surface area (Å²) >= 11 is 7.51. The molecule has 3 atom stereocenters. The van der Waals surface area contributed by atoms with Crippen molar-refractivity contribution < 1.29 is 14.4 Å². The largest absolute Gasteiger partial charge is 0.351 e. The number of hydrogen-bond acceptors (Lipinski definition) is 7. The number of hydrazine groups is 1. The lowest BCUT2D eigenvalue weighted by molar-refractivity contribution is -0.130. The highest BCUT2D eigenvalue weighted by atomic mass is 35.5. The van der Waals surface area contributed by atoms with E-state index >= 15 is 0 Å². The second kappa shape index (κ2) is 11.0. The molecule has 0 unspecified atom stereocenters. The molecule has 1 aromatic carbocycles. The van der Waals surface area contributed by atoms with E-state index in [0.717, 1.165) is 41.0 Å². The quantitative estimate of drug-likeness (QED) is 0.346. The van der Waals surface area contributed by atoms with Crippen LogP contribution in [0, 0.1) is 5.92 Å². The molecule has 1 aliphatic carbocycles. The second-order valence-electron chi connectivity index (χ2n) is 10.3. The molecular weight excluding hydrogens is 526 g/mol. The number of aromatic nitrogens is 2. The Morgan fingerprint density at radius 2 is 1.92 bits per heavy atom. The van der Waals surface area contributed by atoms with Crippen LogP contribution in [0.2, 0.25) is 5.02 Å². The van der Waals surface area contributed by atoms with E-state index in [9.17, 15) is 14.4 Å². The van der Waals surface area contributed by atoms with Crippen LogP contribution in [-0.2, 0) is 17.8 Å². The third-order valence-corrected chi connectivity index (χ3v) is 8.45. The molecule has 4 N–H and O–H groups in total. The zero-order valence-electron chi connectivity index (χ0n) is 21.6. The number of fused-ring (bicyclic) bond motifs is 2. The van der Waals surface area contributed by atoms with Gasteiger partial charge in [-0.15, -0.1) is 11.3 Å². The summed E-state index contributed by atoms with van der Waals surface area (Å²) in [5, 5.41) is 9.65. The highest BCUT2D eigenvalue weighted by Gasteiger charge is 2.37. The standard InChI is InChI=1S/C26H32ClN7O3S/c1-33(2)32-23(35)14-4-6-18(29-24(36)21-12-15-10-16(27)5-7-17(15)28-21)20(11-14)30-25(37)26-31-19-8-9-34(3)13-22(19)38-26/h5,7,10,12,14,18,20,28H,4,6,8-9,11,13H2,1-3H3,(H,29,36)(H,30,37)(H,32,35)/t14-,18-,20+/m0/s1. The van der Waals surface area contributed by atoms with Gasteiger partial charge in [0.2, 0.25) is 5.91 Å². The van der Waals surface area contributed by atoms with Crippen LogP contribution in [0.3, 0.4) is 0 Å². The van der Waals surface area contributed by atoms with Crippen LogP contribution < -0.4 is 16.1 Å². The second-order valence-corrected chi connectivity index (χ2v) is 11.9. The number of hydrogen-bond donors (Lipinski definition) is 4. The lowest BCUT2D eigenvalue weighted by atomic mass is 9.81. The molecule has 3 aromatic rings. The van der Waals surface area contributed by atoms with E-state index in [1.54, 1.807) is 37.3 Å². The summed E-state index contributed by atoms with van der Waals surface area (Å²) in [4.78, 5) is 50.3. The number of aromatic amines is 1.